The van der Waals surface area contributed by atoms with Crippen molar-refractivity contribution in [1.29, 1.82) is 0 Å². The SMILES string of the molecule is CCc1noc(CC)c1-c1cc(-c2ccccc2OC(F)(F)F)c2nc(C)[nH]c2c1. The van der Waals surface area contributed by atoms with Crippen molar-refractivity contribution in [1.82, 2.24) is 15.1 Å². The lowest BCUT2D eigenvalue weighted by atomic mass is 9.95. The summed E-state index contributed by atoms with van der Waals surface area (Å²) in [5, 5.41) is 4.16. The van der Waals surface area contributed by atoms with Crippen LogP contribution in [0.3, 0.4) is 0 Å². The number of para-hydroxylation sites is 1. The normalized spacial score (nSPS) is 11.9. The van der Waals surface area contributed by atoms with E-state index < -0.39 is 6.36 Å². The van der Waals surface area contributed by atoms with Gasteiger partial charge in [-0.1, -0.05) is 37.2 Å². The summed E-state index contributed by atoms with van der Waals surface area (Å²) in [6, 6.07) is 9.83. The van der Waals surface area contributed by atoms with E-state index in [2.05, 4.69) is 19.9 Å². The van der Waals surface area contributed by atoms with E-state index in [4.69, 9.17) is 4.52 Å². The third kappa shape index (κ3) is 3.65. The fourth-order valence-electron chi connectivity index (χ4n) is 3.67. The zero-order chi connectivity index (χ0) is 21.5. The van der Waals surface area contributed by atoms with E-state index in [0.717, 1.165) is 22.6 Å². The summed E-state index contributed by atoms with van der Waals surface area (Å²) >= 11 is 0. The summed E-state index contributed by atoms with van der Waals surface area (Å²) in [7, 11) is 0. The lowest BCUT2D eigenvalue weighted by Crippen LogP contribution is -2.17. The van der Waals surface area contributed by atoms with Gasteiger partial charge < -0.3 is 14.2 Å². The molecule has 0 aliphatic heterocycles. The standard InChI is InChI=1S/C22H20F3N3O2/c1-4-16-20(18(5-2)30-28-16)13-10-15(21-17(11-13)26-12(3)27-21)14-8-6-7-9-19(14)29-22(23,24)25/h6-11H,4-5H2,1-3H3,(H,26,27). The molecule has 2 aromatic heterocycles. The number of ether oxygens (including phenoxy) is 1. The van der Waals surface area contributed by atoms with Gasteiger partial charge in [-0.2, -0.15) is 0 Å². The molecule has 1 N–H and O–H groups in total. The van der Waals surface area contributed by atoms with Gasteiger partial charge in [-0.25, -0.2) is 4.98 Å². The maximum Gasteiger partial charge on any atom is 0.573 e. The first-order valence-electron chi connectivity index (χ1n) is 9.64. The van der Waals surface area contributed by atoms with Crippen molar-refractivity contribution in [3.05, 3.63) is 53.7 Å². The van der Waals surface area contributed by atoms with E-state index in [9.17, 15) is 13.2 Å². The number of aryl methyl sites for hydroxylation is 3. The van der Waals surface area contributed by atoms with Crippen molar-refractivity contribution < 1.29 is 22.4 Å². The third-order valence-corrected chi connectivity index (χ3v) is 4.89. The Labute approximate surface area is 170 Å². The van der Waals surface area contributed by atoms with E-state index in [-0.39, 0.29) is 5.75 Å². The minimum absolute atomic E-state index is 0.277. The van der Waals surface area contributed by atoms with Gasteiger partial charge >= 0.3 is 6.36 Å². The van der Waals surface area contributed by atoms with Crippen LogP contribution in [0.2, 0.25) is 0 Å². The molecule has 4 aromatic rings. The van der Waals surface area contributed by atoms with Gasteiger partial charge in [-0.05, 0) is 37.1 Å². The van der Waals surface area contributed by atoms with E-state index >= 15 is 0 Å². The van der Waals surface area contributed by atoms with Crippen LogP contribution in [-0.2, 0) is 12.8 Å². The highest BCUT2D eigenvalue weighted by Crippen LogP contribution is 2.40. The third-order valence-electron chi connectivity index (χ3n) is 4.89. The number of imidazole rings is 1. The van der Waals surface area contributed by atoms with Gasteiger partial charge in [0, 0.05) is 23.1 Å². The first kappa shape index (κ1) is 20.0. The van der Waals surface area contributed by atoms with Crippen molar-refractivity contribution in [2.75, 3.05) is 0 Å². The van der Waals surface area contributed by atoms with Gasteiger partial charge in [-0.3, -0.25) is 0 Å². The number of halogens is 3. The van der Waals surface area contributed by atoms with Crippen LogP contribution in [0.5, 0.6) is 5.75 Å². The van der Waals surface area contributed by atoms with Crippen molar-refractivity contribution in [2.45, 2.75) is 40.0 Å². The molecule has 8 heteroatoms. The Balaban J connectivity index is 2.00. The summed E-state index contributed by atoms with van der Waals surface area (Å²) < 4.78 is 48.8. The van der Waals surface area contributed by atoms with Crippen molar-refractivity contribution in [3.63, 3.8) is 0 Å². The van der Waals surface area contributed by atoms with E-state index in [1.54, 1.807) is 19.1 Å². The number of aromatic nitrogens is 3. The van der Waals surface area contributed by atoms with Gasteiger partial charge in [0.2, 0.25) is 0 Å². The van der Waals surface area contributed by atoms with Crippen LogP contribution in [0.4, 0.5) is 13.2 Å². The maximum atomic E-state index is 13.0. The molecule has 5 nitrogen and oxygen atoms in total. The summed E-state index contributed by atoms with van der Waals surface area (Å²) in [6.45, 7) is 5.75. The molecule has 0 atom stereocenters. The molecule has 0 amide bonds. The zero-order valence-corrected chi connectivity index (χ0v) is 16.7. The lowest BCUT2D eigenvalue weighted by molar-refractivity contribution is -0.274. The topological polar surface area (TPSA) is 63.9 Å². The highest BCUT2D eigenvalue weighted by molar-refractivity contribution is 5.97. The molecule has 0 fully saturated rings. The second-order valence-electron chi connectivity index (χ2n) is 6.92. The maximum absolute atomic E-state index is 13.0. The molecule has 0 bridgehead atoms. The fourth-order valence-corrected chi connectivity index (χ4v) is 3.67. The van der Waals surface area contributed by atoms with Crippen LogP contribution in [0.25, 0.3) is 33.3 Å². The number of nitrogens with one attached hydrogen (secondary N) is 1. The van der Waals surface area contributed by atoms with Crippen molar-refractivity contribution in [2.24, 2.45) is 0 Å². The molecule has 0 spiro atoms. The van der Waals surface area contributed by atoms with Crippen LogP contribution in [-0.4, -0.2) is 21.5 Å². The Morgan fingerprint density at radius 1 is 1.07 bits per heavy atom. The van der Waals surface area contributed by atoms with Crippen LogP contribution >= 0.6 is 0 Å². The Kier molecular flexibility index (Phi) is 5.01. The van der Waals surface area contributed by atoms with Crippen molar-refractivity contribution in [3.8, 4) is 28.0 Å². The highest BCUT2D eigenvalue weighted by Gasteiger charge is 2.32. The predicted octanol–water partition coefficient (Wildman–Crippen LogP) is 6.22. The zero-order valence-electron chi connectivity index (χ0n) is 16.7. The molecule has 0 aliphatic carbocycles. The van der Waals surface area contributed by atoms with Gasteiger partial charge in [0.1, 0.15) is 17.3 Å². The van der Waals surface area contributed by atoms with Gasteiger partial charge in [-0.15, -0.1) is 13.2 Å². The summed E-state index contributed by atoms with van der Waals surface area (Å²) in [5.41, 5.74) is 4.60. The Hall–Kier alpha value is -3.29. The minimum Gasteiger partial charge on any atom is -0.405 e. The minimum atomic E-state index is -4.80. The Morgan fingerprint density at radius 2 is 1.83 bits per heavy atom. The monoisotopic (exact) mass is 415 g/mol. The molecular weight excluding hydrogens is 395 g/mol. The molecule has 4 rings (SSSR count). The number of H-pyrrole nitrogens is 1. The van der Waals surface area contributed by atoms with E-state index in [1.807, 2.05) is 26.0 Å². The number of nitrogens with zero attached hydrogens (tertiary/aromatic N) is 2. The first-order chi connectivity index (χ1) is 14.3. The number of hydrogen-bond acceptors (Lipinski definition) is 4. The predicted molar refractivity (Wildman–Crippen MR) is 107 cm³/mol. The molecular formula is C22H20F3N3O2. The molecule has 2 aromatic carbocycles. The number of hydrogen-bond donors (Lipinski definition) is 1. The molecule has 0 saturated carbocycles. The van der Waals surface area contributed by atoms with Crippen LogP contribution < -0.4 is 4.74 Å². The van der Waals surface area contributed by atoms with Crippen molar-refractivity contribution >= 4 is 11.0 Å². The lowest BCUT2D eigenvalue weighted by Gasteiger charge is -2.14. The summed E-state index contributed by atoms with van der Waals surface area (Å²) in [4.78, 5) is 7.69. The Morgan fingerprint density at radius 3 is 2.53 bits per heavy atom. The number of aromatic amines is 1. The number of benzene rings is 2. The van der Waals surface area contributed by atoms with Crippen LogP contribution in [0.1, 0.15) is 31.1 Å². The second kappa shape index (κ2) is 7.51. The van der Waals surface area contributed by atoms with Gasteiger partial charge in [0.15, 0.2) is 0 Å². The summed E-state index contributed by atoms with van der Waals surface area (Å²) in [6.07, 6.45) is -3.49. The molecule has 0 unspecified atom stereocenters. The molecule has 0 radical (unpaired) electrons. The van der Waals surface area contributed by atoms with Crippen LogP contribution in [0.15, 0.2) is 40.9 Å². The quantitative estimate of drug-likeness (QED) is 0.420. The van der Waals surface area contributed by atoms with Gasteiger partial charge in [0.05, 0.1) is 16.7 Å². The largest absolute Gasteiger partial charge is 0.573 e. The molecule has 2 heterocycles. The smallest absolute Gasteiger partial charge is 0.405 e. The van der Waals surface area contributed by atoms with E-state index in [1.165, 1.54) is 12.1 Å². The number of alkyl halides is 3. The first-order valence-corrected chi connectivity index (χ1v) is 9.64. The second-order valence-corrected chi connectivity index (χ2v) is 6.92. The van der Waals surface area contributed by atoms with E-state index in [0.29, 0.717) is 40.8 Å². The number of fused-ring (bicyclic) bond motifs is 1. The summed E-state index contributed by atoms with van der Waals surface area (Å²) in [5.74, 6) is 1.11. The van der Waals surface area contributed by atoms with Crippen LogP contribution in [0, 0.1) is 6.92 Å². The molecule has 0 saturated heterocycles. The van der Waals surface area contributed by atoms with Gasteiger partial charge in [0.25, 0.3) is 0 Å². The average molecular weight is 415 g/mol. The molecule has 30 heavy (non-hydrogen) atoms. The fraction of sp³-hybridized carbons (Fsp3) is 0.273. The molecule has 156 valence electrons. The Bertz CT molecular complexity index is 1190. The molecule has 0 aliphatic rings. The number of rotatable bonds is 5. The average Bonchev–Trinajstić information content (AvgIpc) is 3.28. The highest BCUT2D eigenvalue weighted by atomic mass is 19.4.